The summed E-state index contributed by atoms with van der Waals surface area (Å²) in [6.07, 6.45) is 0. The van der Waals surface area contributed by atoms with Gasteiger partial charge in [-0.2, -0.15) is 0 Å². The summed E-state index contributed by atoms with van der Waals surface area (Å²) < 4.78 is 1.22. The van der Waals surface area contributed by atoms with E-state index in [0.717, 1.165) is 16.2 Å². The van der Waals surface area contributed by atoms with Gasteiger partial charge in [0.15, 0.2) is 0 Å². The van der Waals surface area contributed by atoms with Crippen LogP contribution in [0.1, 0.15) is 10.6 Å². The van der Waals surface area contributed by atoms with Crippen LogP contribution in [0.15, 0.2) is 12.1 Å². The lowest BCUT2D eigenvalue weighted by Gasteiger charge is -1.96. The van der Waals surface area contributed by atoms with Gasteiger partial charge in [-0.1, -0.05) is 6.07 Å². The van der Waals surface area contributed by atoms with Crippen molar-refractivity contribution in [3.05, 3.63) is 22.7 Å². The summed E-state index contributed by atoms with van der Waals surface area (Å²) in [4.78, 5) is 4.37. The minimum atomic E-state index is 0.778. The van der Waals surface area contributed by atoms with Crippen LogP contribution in [0.25, 0.3) is 10.2 Å². The van der Waals surface area contributed by atoms with E-state index in [1.807, 2.05) is 19.1 Å². The first-order valence-electron chi connectivity index (χ1n) is 3.80. The van der Waals surface area contributed by atoms with E-state index in [-0.39, 0.29) is 0 Å². The Hall–Kier alpha value is -1.09. The molecule has 12 heavy (non-hydrogen) atoms. The molecule has 1 aromatic carbocycles. The topological polar surface area (TPSA) is 38.9 Å². The molecular formula is C9H10N2S. The average Bonchev–Trinajstić information content (AvgIpc) is 2.41. The third-order valence-electron chi connectivity index (χ3n) is 1.88. The number of hydrogen-bond donors (Lipinski definition) is 1. The van der Waals surface area contributed by atoms with Crippen molar-refractivity contribution in [3.8, 4) is 0 Å². The third-order valence-corrected chi connectivity index (χ3v) is 2.98. The third kappa shape index (κ3) is 0.975. The number of nitrogens with two attached hydrogens (primary N) is 1. The zero-order chi connectivity index (χ0) is 8.72. The molecule has 0 unspecified atom stereocenters. The van der Waals surface area contributed by atoms with Crippen LogP contribution < -0.4 is 5.73 Å². The fourth-order valence-electron chi connectivity index (χ4n) is 1.26. The zero-order valence-electron chi connectivity index (χ0n) is 7.09. The van der Waals surface area contributed by atoms with Crippen molar-refractivity contribution in [1.82, 2.24) is 4.98 Å². The number of hydrogen-bond acceptors (Lipinski definition) is 3. The fraction of sp³-hybridized carbons (Fsp3) is 0.222. The van der Waals surface area contributed by atoms with Gasteiger partial charge in [-0.25, -0.2) is 4.98 Å². The molecule has 0 bridgehead atoms. The van der Waals surface area contributed by atoms with Gasteiger partial charge in [-0.05, 0) is 25.5 Å². The second kappa shape index (κ2) is 2.45. The van der Waals surface area contributed by atoms with Crippen LogP contribution >= 0.6 is 11.3 Å². The molecule has 0 saturated carbocycles. The van der Waals surface area contributed by atoms with Crippen molar-refractivity contribution in [1.29, 1.82) is 0 Å². The van der Waals surface area contributed by atoms with Crippen LogP contribution in [0.4, 0.5) is 5.69 Å². The monoisotopic (exact) mass is 178 g/mol. The number of benzene rings is 1. The van der Waals surface area contributed by atoms with Crippen molar-refractivity contribution in [2.24, 2.45) is 0 Å². The molecule has 3 heteroatoms. The molecule has 2 N–H and O–H groups in total. The first kappa shape index (κ1) is 7.55. The highest BCUT2D eigenvalue weighted by Gasteiger charge is 2.05. The molecular weight excluding hydrogens is 168 g/mol. The van der Waals surface area contributed by atoms with Crippen molar-refractivity contribution < 1.29 is 0 Å². The number of aromatic nitrogens is 1. The Morgan fingerprint density at radius 1 is 1.33 bits per heavy atom. The van der Waals surface area contributed by atoms with E-state index in [1.165, 1.54) is 10.3 Å². The van der Waals surface area contributed by atoms with Crippen LogP contribution in [0, 0.1) is 13.8 Å². The highest BCUT2D eigenvalue weighted by atomic mass is 32.1. The Balaban J connectivity index is 2.93. The molecule has 1 aromatic heterocycles. The van der Waals surface area contributed by atoms with Gasteiger partial charge in [0.25, 0.3) is 0 Å². The van der Waals surface area contributed by atoms with E-state index in [2.05, 4.69) is 11.9 Å². The largest absolute Gasteiger partial charge is 0.397 e. The van der Waals surface area contributed by atoms with Gasteiger partial charge in [0.2, 0.25) is 0 Å². The van der Waals surface area contributed by atoms with Crippen LogP contribution in [0.2, 0.25) is 0 Å². The average molecular weight is 178 g/mol. The second-order valence-electron chi connectivity index (χ2n) is 2.88. The van der Waals surface area contributed by atoms with E-state index in [9.17, 15) is 0 Å². The molecule has 0 spiro atoms. The highest BCUT2D eigenvalue weighted by Crippen LogP contribution is 2.28. The van der Waals surface area contributed by atoms with E-state index >= 15 is 0 Å². The Bertz CT molecular complexity index is 392. The molecule has 2 nitrogen and oxygen atoms in total. The molecule has 0 atom stereocenters. The number of nitrogens with zero attached hydrogens (tertiary/aromatic N) is 1. The number of nitrogen functional groups attached to an aromatic ring is 1. The van der Waals surface area contributed by atoms with Crippen LogP contribution in [-0.4, -0.2) is 4.98 Å². The summed E-state index contributed by atoms with van der Waals surface area (Å²) >= 11 is 1.70. The number of rotatable bonds is 0. The molecule has 0 aliphatic carbocycles. The van der Waals surface area contributed by atoms with Gasteiger partial charge >= 0.3 is 0 Å². The summed E-state index contributed by atoms with van der Waals surface area (Å²) in [7, 11) is 0. The van der Waals surface area contributed by atoms with Crippen molar-refractivity contribution >= 4 is 27.2 Å². The summed E-state index contributed by atoms with van der Waals surface area (Å²) in [6, 6.07) is 3.95. The fourth-order valence-corrected chi connectivity index (χ4v) is 2.18. The van der Waals surface area contributed by atoms with E-state index < -0.39 is 0 Å². The molecule has 62 valence electrons. The Kier molecular flexibility index (Phi) is 1.54. The first-order chi connectivity index (χ1) is 5.68. The lowest BCUT2D eigenvalue weighted by molar-refractivity contribution is 1.34. The first-order valence-corrected chi connectivity index (χ1v) is 4.62. The minimum Gasteiger partial charge on any atom is -0.397 e. The van der Waals surface area contributed by atoms with Gasteiger partial charge in [0.05, 0.1) is 15.4 Å². The van der Waals surface area contributed by atoms with Gasteiger partial charge in [-0.15, -0.1) is 11.3 Å². The maximum atomic E-state index is 5.78. The number of thiazole rings is 1. The molecule has 0 radical (unpaired) electrons. The molecule has 2 rings (SSSR count). The molecule has 0 saturated heterocycles. The second-order valence-corrected chi connectivity index (χ2v) is 4.09. The molecule has 0 aliphatic heterocycles. The molecule has 0 amide bonds. The number of anilines is 1. The van der Waals surface area contributed by atoms with E-state index in [1.54, 1.807) is 11.3 Å². The van der Waals surface area contributed by atoms with Gasteiger partial charge in [0.1, 0.15) is 5.52 Å². The summed E-state index contributed by atoms with van der Waals surface area (Å²) in [5.41, 5.74) is 8.77. The maximum Gasteiger partial charge on any atom is 0.105 e. The summed E-state index contributed by atoms with van der Waals surface area (Å²) in [5, 5.41) is 1.08. The predicted octanol–water partition coefficient (Wildman–Crippen LogP) is 2.50. The Labute approximate surface area is 75.0 Å². The lowest BCUT2D eigenvalue weighted by atomic mass is 10.2. The number of fused-ring (bicyclic) bond motifs is 1. The van der Waals surface area contributed by atoms with Crippen molar-refractivity contribution in [3.63, 3.8) is 0 Å². The van der Waals surface area contributed by atoms with E-state index in [4.69, 9.17) is 5.73 Å². The predicted molar refractivity (Wildman–Crippen MR) is 53.5 cm³/mol. The molecule has 0 fully saturated rings. The summed E-state index contributed by atoms with van der Waals surface area (Å²) in [6.45, 7) is 4.09. The molecule has 0 aliphatic rings. The Morgan fingerprint density at radius 3 is 2.75 bits per heavy atom. The van der Waals surface area contributed by atoms with Crippen LogP contribution in [-0.2, 0) is 0 Å². The van der Waals surface area contributed by atoms with E-state index in [0.29, 0.717) is 0 Å². The van der Waals surface area contributed by atoms with Gasteiger partial charge in [-0.3, -0.25) is 0 Å². The van der Waals surface area contributed by atoms with Crippen molar-refractivity contribution in [2.75, 3.05) is 5.73 Å². The van der Waals surface area contributed by atoms with Crippen LogP contribution in [0.5, 0.6) is 0 Å². The molecule has 1 heterocycles. The summed E-state index contributed by atoms with van der Waals surface area (Å²) in [5.74, 6) is 0. The van der Waals surface area contributed by atoms with Crippen LogP contribution in [0.3, 0.4) is 0 Å². The van der Waals surface area contributed by atoms with Crippen molar-refractivity contribution in [2.45, 2.75) is 13.8 Å². The normalized spacial score (nSPS) is 10.8. The maximum absolute atomic E-state index is 5.78. The standard InChI is InChI=1S/C9H10N2S/c1-5-3-4-7(10)8-9(5)12-6(2)11-8/h3-4H,10H2,1-2H3. The van der Waals surface area contributed by atoms with Gasteiger partial charge < -0.3 is 5.73 Å². The lowest BCUT2D eigenvalue weighted by Crippen LogP contribution is -1.86. The molecule has 2 aromatic rings. The quantitative estimate of drug-likeness (QED) is 0.629. The van der Waals surface area contributed by atoms with Gasteiger partial charge in [0, 0.05) is 0 Å². The zero-order valence-corrected chi connectivity index (χ0v) is 7.90. The highest BCUT2D eigenvalue weighted by molar-refractivity contribution is 7.18. The SMILES string of the molecule is Cc1nc2c(N)ccc(C)c2s1. The smallest absolute Gasteiger partial charge is 0.105 e. The Morgan fingerprint density at radius 2 is 2.08 bits per heavy atom. The minimum absolute atomic E-state index is 0.778. The number of aryl methyl sites for hydroxylation is 2.